The number of aromatic nitrogens is 1. The third-order valence-corrected chi connectivity index (χ3v) is 3.42. The number of hydrogen-bond donors (Lipinski definition) is 0. The van der Waals surface area contributed by atoms with Gasteiger partial charge in [-0.15, -0.1) is 0 Å². The van der Waals surface area contributed by atoms with Crippen molar-refractivity contribution in [2.75, 3.05) is 6.61 Å². The molecule has 1 heterocycles. The van der Waals surface area contributed by atoms with E-state index in [1.807, 2.05) is 0 Å². The van der Waals surface area contributed by atoms with Crippen molar-refractivity contribution in [2.24, 2.45) is 0 Å². The molecule has 0 saturated carbocycles. The van der Waals surface area contributed by atoms with E-state index in [0.29, 0.717) is 5.56 Å². The van der Waals surface area contributed by atoms with Crippen LogP contribution in [0.3, 0.4) is 0 Å². The summed E-state index contributed by atoms with van der Waals surface area (Å²) in [5, 5.41) is 0.211. The number of nitrogens with zero attached hydrogens (tertiary/aromatic N) is 1. The Morgan fingerprint density at radius 1 is 1.65 bits per heavy atom. The number of hydrogen-bond acceptors (Lipinski definition) is 3. The Labute approximate surface area is 119 Å². The summed E-state index contributed by atoms with van der Waals surface area (Å²) in [5.41, 5.74) is -0.150. The van der Waals surface area contributed by atoms with Gasteiger partial charge in [-0.05, 0) is 35.1 Å². The molecule has 0 fully saturated rings. The van der Waals surface area contributed by atoms with Gasteiger partial charge in [0.25, 0.3) is 6.43 Å². The molecule has 0 aliphatic rings. The molecule has 94 valence electrons. The monoisotopic (exact) mass is 419 g/mol. The summed E-state index contributed by atoms with van der Waals surface area (Å²) in [4.78, 5) is 15.6. The number of halogens is 4. The molecular formula is C10H9BrF2INO2. The second-order valence-electron chi connectivity index (χ2n) is 3.02. The van der Waals surface area contributed by atoms with Crippen molar-refractivity contribution in [3.63, 3.8) is 0 Å². The van der Waals surface area contributed by atoms with E-state index >= 15 is 0 Å². The van der Waals surface area contributed by atoms with Gasteiger partial charge in [-0.2, -0.15) is 0 Å². The number of pyridine rings is 1. The summed E-state index contributed by atoms with van der Waals surface area (Å²) >= 11 is 4.84. The Kier molecular flexibility index (Phi) is 5.71. The second kappa shape index (κ2) is 6.58. The van der Waals surface area contributed by atoms with Gasteiger partial charge in [0.1, 0.15) is 9.26 Å². The van der Waals surface area contributed by atoms with Crippen LogP contribution in [0.1, 0.15) is 34.8 Å². The molecule has 7 heteroatoms. The predicted molar refractivity (Wildman–Crippen MR) is 70.5 cm³/mol. The van der Waals surface area contributed by atoms with Crippen molar-refractivity contribution in [3.8, 4) is 0 Å². The fourth-order valence-electron chi connectivity index (χ4n) is 1.29. The lowest BCUT2D eigenvalue weighted by Crippen LogP contribution is -2.14. The van der Waals surface area contributed by atoms with E-state index in [9.17, 15) is 13.6 Å². The van der Waals surface area contributed by atoms with Crippen molar-refractivity contribution in [1.29, 1.82) is 0 Å². The first-order chi connectivity index (χ1) is 8.02. The van der Waals surface area contributed by atoms with Crippen LogP contribution in [0.4, 0.5) is 8.78 Å². The van der Waals surface area contributed by atoms with Crippen molar-refractivity contribution >= 4 is 44.5 Å². The average molecular weight is 420 g/mol. The van der Waals surface area contributed by atoms with Crippen molar-refractivity contribution in [1.82, 2.24) is 4.98 Å². The third kappa shape index (κ3) is 3.34. The van der Waals surface area contributed by atoms with Crippen molar-refractivity contribution < 1.29 is 18.3 Å². The number of ether oxygens (including phenoxy) is 1. The summed E-state index contributed by atoms with van der Waals surface area (Å²) in [5.74, 6) is -0.762. The van der Waals surface area contributed by atoms with Crippen LogP contribution in [-0.2, 0) is 10.1 Å². The second-order valence-corrected chi connectivity index (χ2v) is 4.60. The molecule has 1 aromatic rings. The maximum Gasteiger partial charge on any atom is 0.341 e. The highest BCUT2D eigenvalue weighted by atomic mass is 127. The lowest BCUT2D eigenvalue weighted by atomic mass is 10.1. The van der Waals surface area contributed by atoms with Crippen LogP contribution in [0, 0.1) is 3.70 Å². The lowest BCUT2D eigenvalue weighted by Gasteiger charge is -2.13. The Balaban J connectivity index is 3.38. The molecule has 0 N–H and O–H groups in total. The molecule has 3 nitrogen and oxygen atoms in total. The molecule has 0 radical (unpaired) electrons. The molecule has 0 spiro atoms. The molecule has 0 atom stereocenters. The van der Waals surface area contributed by atoms with Gasteiger partial charge < -0.3 is 4.74 Å². The third-order valence-electron chi connectivity index (χ3n) is 2.00. The fraction of sp³-hybridized carbons (Fsp3) is 0.400. The molecule has 17 heavy (non-hydrogen) atoms. The average Bonchev–Trinajstić information content (AvgIpc) is 2.28. The van der Waals surface area contributed by atoms with Gasteiger partial charge >= 0.3 is 5.97 Å². The molecule has 0 amide bonds. The first-order valence-corrected chi connectivity index (χ1v) is 6.91. The van der Waals surface area contributed by atoms with Crippen LogP contribution < -0.4 is 0 Å². The van der Waals surface area contributed by atoms with E-state index in [4.69, 9.17) is 4.74 Å². The van der Waals surface area contributed by atoms with E-state index in [2.05, 4.69) is 20.9 Å². The van der Waals surface area contributed by atoms with Gasteiger partial charge in [0, 0.05) is 17.1 Å². The predicted octanol–water partition coefficient (Wildman–Crippen LogP) is 3.70. The van der Waals surface area contributed by atoms with E-state index in [1.165, 1.54) is 6.20 Å². The summed E-state index contributed by atoms with van der Waals surface area (Å²) in [6.45, 7) is 1.75. The molecule has 1 aromatic heterocycles. The number of carbonyl (C=O) groups excluding carboxylic acids is 1. The normalized spacial score (nSPS) is 10.7. The van der Waals surface area contributed by atoms with Gasteiger partial charge in [-0.25, -0.2) is 18.6 Å². The zero-order valence-corrected chi connectivity index (χ0v) is 12.6. The first kappa shape index (κ1) is 14.7. The Bertz CT molecular complexity index is 429. The molecule has 0 bridgehead atoms. The summed E-state index contributed by atoms with van der Waals surface area (Å²) in [7, 11) is 0. The molecule has 0 unspecified atom stereocenters. The highest BCUT2D eigenvalue weighted by Gasteiger charge is 2.26. The minimum absolute atomic E-state index is 0.135. The number of rotatable bonds is 4. The fourth-order valence-corrected chi connectivity index (χ4v) is 2.39. The minimum atomic E-state index is -2.74. The zero-order chi connectivity index (χ0) is 13.0. The number of esters is 1. The molecular weight excluding hydrogens is 411 g/mol. The molecule has 0 saturated heterocycles. The van der Waals surface area contributed by atoms with Crippen LogP contribution in [0.5, 0.6) is 0 Å². The summed E-state index contributed by atoms with van der Waals surface area (Å²) in [6, 6.07) is 0. The zero-order valence-electron chi connectivity index (χ0n) is 8.84. The van der Waals surface area contributed by atoms with Gasteiger partial charge in [0.15, 0.2) is 0 Å². The van der Waals surface area contributed by atoms with E-state index in [1.54, 1.807) is 29.5 Å². The maximum atomic E-state index is 13.0. The van der Waals surface area contributed by atoms with Gasteiger partial charge in [0.2, 0.25) is 0 Å². The van der Waals surface area contributed by atoms with E-state index < -0.39 is 12.4 Å². The lowest BCUT2D eigenvalue weighted by molar-refractivity contribution is 0.0513. The van der Waals surface area contributed by atoms with Crippen LogP contribution in [0.25, 0.3) is 0 Å². The summed E-state index contributed by atoms with van der Waals surface area (Å²) in [6.07, 6.45) is -1.40. The Morgan fingerprint density at radius 3 is 2.76 bits per heavy atom. The first-order valence-electron chi connectivity index (χ1n) is 4.71. The van der Waals surface area contributed by atoms with Gasteiger partial charge in [0.05, 0.1) is 6.61 Å². The summed E-state index contributed by atoms with van der Waals surface area (Å²) < 4.78 is 31.0. The van der Waals surface area contributed by atoms with Crippen LogP contribution >= 0.6 is 38.5 Å². The highest BCUT2D eigenvalue weighted by molar-refractivity contribution is 14.1. The standard InChI is InChI=1S/C10H9BrF2INO2/c1-2-17-10(16)7-6(8(12)13)5(3-11)4-15-9(7)14/h4,8H,2-3H2,1H3. The van der Waals surface area contributed by atoms with Crippen molar-refractivity contribution in [3.05, 3.63) is 26.6 Å². The van der Waals surface area contributed by atoms with E-state index in [0.717, 1.165) is 0 Å². The number of carbonyl (C=O) groups is 1. The van der Waals surface area contributed by atoms with Crippen LogP contribution in [0.15, 0.2) is 6.20 Å². The largest absolute Gasteiger partial charge is 0.462 e. The van der Waals surface area contributed by atoms with Crippen LogP contribution in [0.2, 0.25) is 0 Å². The van der Waals surface area contributed by atoms with Gasteiger partial charge in [-0.3, -0.25) is 0 Å². The molecule has 0 aliphatic heterocycles. The highest BCUT2D eigenvalue weighted by Crippen LogP contribution is 2.30. The topological polar surface area (TPSA) is 39.2 Å². The minimum Gasteiger partial charge on any atom is -0.462 e. The number of alkyl halides is 3. The quantitative estimate of drug-likeness (QED) is 0.323. The maximum absolute atomic E-state index is 13.0. The van der Waals surface area contributed by atoms with Gasteiger partial charge in [-0.1, -0.05) is 15.9 Å². The van der Waals surface area contributed by atoms with E-state index in [-0.39, 0.29) is 26.8 Å². The molecule has 0 aromatic carbocycles. The molecule has 0 aliphatic carbocycles. The molecule has 1 rings (SSSR count). The Hall–Kier alpha value is -0.310. The smallest absolute Gasteiger partial charge is 0.341 e. The van der Waals surface area contributed by atoms with Crippen molar-refractivity contribution in [2.45, 2.75) is 18.7 Å². The Morgan fingerprint density at radius 2 is 2.29 bits per heavy atom. The van der Waals surface area contributed by atoms with Crippen LogP contribution in [-0.4, -0.2) is 17.6 Å². The SMILES string of the molecule is CCOC(=O)c1c(I)ncc(CBr)c1C(F)F.